The summed E-state index contributed by atoms with van der Waals surface area (Å²) in [5.41, 5.74) is -0.788. The van der Waals surface area contributed by atoms with Gasteiger partial charge in [-0.2, -0.15) is 13.2 Å². The number of aryl methyl sites for hydroxylation is 1. The second kappa shape index (κ2) is 7.47. The van der Waals surface area contributed by atoms with Crippen molar-refractivity contribution in [1.82, 2.24) is 0 Å². The quantitative estimate of drug-likeness (QED) is 0.482. The number of alkyl halides is 3. The average molecular weight is 330 g/mol. The minimum Gasteiger partial charge on any atom is -0.373 e. The van der Waals surface area contributed by atoms with Gasteiger partial charge in [0.1, 0.15) is 5.82 Å². The van der Waals surface area contributed by atoms with Crippen LogP contribution in [0.5, 0.6) is 0 Å². The normalized spacial score (nSPS) is 18.9. The van der Waals surface area contributed by atoms with Crippen LogP contribution in [0.2, 0.25) is 0 Å². The Balaban J connectivity index is 2.17. The second-order valence-electron chi connectivity index (χ2n) is 6.01. The van der Waals surface area contributed by atoms with Crippen molar-refractivity contribution in [2.75, 3.05) is 6.61 Å². The van der Waals surface area contributed by atoms with Crippen molar-refractivity contribution in [3.63, 3.8) is 0 Å². The Morgan fingerprint density at radius 2 is 1.96 bits per heavy atom. The largest absolute Gasteiger partial charge is 0.419 e. The molecule has 128 valence electrons. The molecule has 0 spiro atoms. The maximum atomic E-state index is 14.3. The van der Waals surface area contributed by atoms with Crippen molar-refractivity contribution in [2.45, 2.75) is 58.2 Å². The number of unbranched alkanes of at least 4 members (excludes halogenated alkanes) is 2. The van der Waals surface area contributed by atoms with Crippen LogP contribution in [0, 0.1) is 12.7 Å². The third kappa shape index (κ3) is 4.34. The van der Waals surface area contributed by atoms with Gasteiger partial charge < -0.3 is 4.74 Å². The molecule has 0 aliphatic carbocycles. The second-order valence-corrected chi connectivity index (χ2v) is 6.01. The zero-order valence-electron chi connectivity index (χ0n) is 13.5. The fraction of sp³-hybridized carbons (Fsp3) is 0.556. The molecule has 1 nitrogen and oxygen atoms in total. The molecule has 1 heterocycles. The third-order valence-corrected chi connectivity index (χ3v) is 4.21. The van der Waals surface area contributed by atoms with Crippen molar-refractivity contribution in [2.24, 2.45) is 0 Å². The fourth-order valence-corrected chi connectivity index (χ4v) is 2.89. The van der Waals surface area contributed by atoms with E-state index in [0.29, 0.717) is 12.0 Å². The molecule has 0 amide bonds. The molecule has 1 aromatic carbocycles. The summed E-state index contributed by atoms with van der Waals surface area (Å²) in [6, 6.07) is 2.72. The van der Waals surface area contributed by atoms with E-state index in [-0.39, 0.29) is 23.8 Å². The lowest BCUT2D eigenvalue weighted by molar-refractivity contribution is -0.140. The van der Waals surface area contributed by atoms with Gasteiger partial charge in [0.25, 0.3) is 0 Å². The minimum atomic E-state index is -4.69. The average Bonchev–Trinajstić information content (AvgIpc) is 2.47. The van der Waals surface area contributed by atoms with Crippen LogP contribution in [-0.4, -0.2) is 12.7 Å². The summed E-state index contributed by atoms with van der Waals surface area (Å²) in [4.78, 5) is 0. The molecule has 2 rings (SSSR count). The lowest BCUT2D eigenvalue weighted by Gasteiger charge is -2.24. The van der Waals surface area contributed by atoms with Gasteiger partial charge in [-0.1, -0.05) is 44.4 Å². The number of benzene rings is 1. The highest BCUT2D eigenvalue weighted by Gasteiger charge is 2.37. The first-order valence-electron chi connectivity index (χ1n) is 8.02. The van der Waals surface area contributed by atoms with Crippen LogP contribution in [0.1, 0.15) is 55.7 Å². The predicted octanol–water partition coefficient (Wildman–Crippen LogP) is 5.91. The Morgan fingerprint density at radius 3 is 2.52 bits per heavy atom. The highest BCUT2D eigenvalue weighted by atomic mass is 19.4. The molecule has 1 aliphatic rings. The maximum absolute atomic E-state index is 14.3. The summed E-state index contributed by atoms with van der Waals surface area (Å²) in [6.45, 7) is 3.55. The van der Waals surface area contributed by atoms with Crippen molar-refractivity contribution < 1.29 is 22.3 Å². The van der Waals surface area contributed by atoms with Gasteiger partial charge in [0.2, 0.25) is 0 Å². The van der Waals surface area contributed by atoms with E-state index in [4.69, 9.17) is 4.74 Å². The molecule has 1 unspecified atom stereocenters. The summed E-state index contributed by atoms with van der Waals surface area (Å²) < 4.78 is 59.0. The van der Waals surface area contributed by atoms with Gasteiger partial charge in [-0.3, -0.25) is 0 Å². The van der Waals surface area contributed by atoms with Gasteiger partial charge in [-0.25, -0.2) is 4.39 Å². The van der Waals surface area contributed by atoms with E-state index in [0.717, 1.165) is 25.7 Å². The van der Waals surface area contributed by atoms with Gasteiger partial charge in [0.15, 0.2) is 0 Å². The molecular formula is C18H22F4O. The maximum Gasteiger partial charge on any atom is 0.419 e. The molecule has 1 aromatic rings. The fourth-order valence-electron chi connectivity index (χ4n) is 2.89. The van der Waals surface area contributed by atoms with E-state index in [1.54, 1.807) is 0 Å². The lowest BCUT2D eigenvalue weighted by Crippen LogP contribution is -2.19. The van der Waals surface area contributed by atoms with Crippen LogP contribution >= 0.6 is 0 Å². The number of hydrogen-bond acceptors (Lipinski definition) is 1. The first-order chi connectivity index (χ1) is 10.8. The first kappa shape index (κ1) is 18.0. The van der Waals surface area contributed by atoms with Gasteiger partial charge in [0, 0.05) is 5.56 Å². The molecule has 0 saturated carbocycles. The van der Waals surface area contributed by atoms with E-state index < -0.39 is 17.6 Å². The molecule has 0 aromatic heterocycles. The summed E-state index contributed by atoms with van der Waals surface area (Å²) in [5.74, 6) is -1.20. The Hall–Kier alpha value is -1.36. The Labute approximate surface area is 134 Å². The molecule has 1 atom stereocenters. The third-order valence-electron chi connectivity index (χ3n) is 4.21. The van der Waals surface area contributed by atoms with Crippen LogP contribution < -0.4 is 0 Å². The Morgan fingerprint density at radius 1 is 1.22 bits per heavy atom. The zero-order valence-corrected chi connectivity index (χ0v) is 13.5. The predicted molar refractivity (Wildman–Crippen MR) is 82.6 cm³/mol. The molecule has 0 bridgehead atoms. The molecule has 23 heavy (non-hydrogen) atoms. The highest BCUT2D eigenvalue weighted by Crippen LogP contribution is 2.37. The van der Waals surface area contributed by atoms with Crippen LogP contribution in [0.4, 0.5) is 17.6 Å². The molecule has 0 fully saturated rings. The number of halogens is 4. The van der Waals surface area contributed by atoms with Crippen molar-refractivity contribution in [3.05, 3.63) is 40.7 Å². The highest BCUT2D eigenvalue weighted by molar-refractivity contribution is 5.68. The summed E-state index contributed by atoms with van der Waals surface area (Å²) in [7, 11) is 0. The van der Waals surface area contributed by atoms with Crippen molar-refractivity contribution in [1.29, 1.82) is 0 Å². The van der Waals surface area contributed by atoms with Gasteiger partial charge in [0.05, 0.1) is 18.3 Å². The van der Waals surface area contributed by atoms with Crippen molar-refractivity contribution in [3.8, 4) is 0 Å². The van der Waals surface area contributed by atoms with Crippen LogP contribution in [0.3, 0.4) is 0 Å². The van der Waals surface area contributed by atoms with E-state index >= 15 is 0 Å². The standard InChI is InChI=1S/C18H22F4O/c1-3-4-5-6-14-9-8-13(11-23-14)15-10-7-12(2)16(17(15)19)18(20,21)22/h7-8,10,14H,3-6,9,11H2,1-2H3. The van der Waals surface area contributed by atoms with E-state index in [9.17, 15) is 17.6 Å². The summed E-state index contributed by atoms with van der Waals surface area (Å²) >= 11 is 0. The first-order valence-corrected chi connectivity index (χ1v) is 8.02. The smallest absolute Gasteiger partial charge is 0.373 e. The van der Waals surface area contributed by atoms with Gasteiger partial charge in [-0.15, -0.1) is 0 Å². The van der Waals surface area contributed by atoms with E-state index in [2.05, 4.69) is 6.92 Å². The molecule has 0 saturated heterocycles. The van der Waals surface area contributed by atoms with Gasteiger partial charge >= 0.3 is 6.18 Å². The van der Waals surface area contributed by atoms with Gasteiger partial charge in [-0.05, 0) is 30.9 Å². The van der Waals surface area contributed by atoms with E-state index in [1.807, 2.05) is 6.08 Å². The summed E-state index contributed by atoms with van der Waals surface area (Å²) in [6.07, 6.45) is 2.09. The molecular weight excluding hydrogens is 308 g/mol. The summed E-state index contributed by atoms with van der Waals surface area (Å²) in [5, 5.41) is 0. The topological polar surface area (TPSA) is 9.23 Å². The lowest BCUT2D eigenvalue weighted by atomic mass is 9.95. The molecule has 0 N–H and O–H groups in total. The van der Waals surface area contributed by atoms with Crippen molar-refractivity contribution >= 4 is 5.57 Å². The molecule has 5 heteroatoms. The van der Waals surface area contributed by atoms with E-state index in [1.165, 1.54) is 19.1 Å². The van der Waals surface area contributed by atoms with Crippen LogP contribution in [0.15, 0.2) is 18.2 Å². The number of ether oxygens (including phenoxy) is 1. The SMILES string of the molecule is CCCCCC1CC=C(c2ccc(C)c(C(F)(F)F)c2F)CO1. The Bertz CT molecular complexity index is 575. The molecule has 0 radical (unpaired) electrons. The zero-order chi connectivity index (χ0) is 17.0. The van der Waals surface area contributed by atoms with Crippen LogP contribution in [-0.2, 0) is 10.9 Å². The number of hydrogen-bond donors (Lipinski definition) is 0. The molecule has 1 aliphatic heterocycles. The number of rotatable bonds is 5. The Kier molecular flexibility index (Phi) is 5.84. The van der Waals surface area contributed by atoms with Crippen LogP contribution in [0.25, 0.3) is 5.57 Å². The minimum absolute atomic E-state index is 0.00469. The monoisotopic (exact) mass is 330 g/mol.